The lowest BCUT2D eigenvalue weighted by atomic mass is 10.1. The summed E-state index contributed by atoms with van der Waals surface area (Å²) < 4.78 is 0. The highest BCUT2D eigenvalue weighted by Crippen LogP contribution is 2.07. The van der Waals surface area contributed by atoms with E-state index in [9.17, 15) is 4.79 Å². The molecule has 0 aromatic rings. The normalized spacial score (nSPS) is 19.7. The second-order valence-corrected chi connectivity index (χ2v) is 3.06. The zero-order valence-corrected chi connectivity index (χ0v) is 7.45. The summed E-state index contributed by atoms with van der Waals surface area (Å²) in [7, 11) is 0. The second kappa shape index (κ2) is 4.42. The van der Waals surface area contributed by atoms with Crippen LogP contribution in [-0.4, -0.2) is 30.2 Å². The van der Waals surface area contributed by atoms with Crippen LogP contribution in [0, 0.1) is 0 Å². The average molecular weight is 172 g/mol. The van der Waals surface area contributed by atoms with Crippen molar-refractivity contribution < 1.29 is 9.63 Å². The van der Waals surface area contributed by atoms with E-state index in [1.165, 1.54) is 5.06 Å². The molecule has 0 bridgehead atoms. The smallest absolute Gasteiger partial charge is 0.247 e. The first-order valence-corrected chi connectivity index (χ1v) is 4.43. The lowest BCUT2D eigenvalue weighted by molar-refractivity contribution is -0.169. The van der Waals surface area contributed by atoms with Gasteiger partial charge >= 0.3 is 0 Å². The Labute approximate surface area is 72.6 Å². The molecule has 4 nitrogen and oxygen atoms in total. The van der Waals surface area contributed by atoms with Crippen molar-refractivity contribution in [3.63, 3.8) is 0 Å². The Morgan fingerprint density at radius 2 is 2.50 bits per heavy atom. The summed E-state index contributed by atoms with van der Waals surface area (Å²) in [6, 6.07) is -0.0262. The van der Waals surface area contributed by atoms with Crippen molar-refractivity contribution >= 4 is 5.91 Å². The number of hydrogen-bond acceptors (Lipinski definition) is 3. The monoisotopic (exact) mass is 172 g/mol. The van der Waals surface area contributed by atoms with E-state index in [0.717, 1.165) is 19.4 Å². The van der Waals surface area contributed by atoms with E-state index in [0.29, 0.717) is 13.0 Å². The maximum atomic E-state index is 11.3. The summed E-state index contributed by atoms with van der Waals surface area (Å²) in [6.07, 6.45) is 2.17. The molecule has 70 valence electrons. The van der Waals surface area contributed by atoms with Gasteiger partial charge in [-0.05, 0) is 12.8 Å². The average Bonchev–Trinajstić information content (AvgIpc) is 2.56. The minimum absolute atomic E-state index is 0.0156. The minimum Gasteiger partial charge on any atom is -0.327 e. The lowest BCUT2D eigenvalue weighted by Gasteiger charge is -2.15. The van der Waals surface area contributed by atoms with Gasteiger partial charge in [0.2, 0.25) is 5.91 Å². The Morgan fingerprint density at radius 3 is 3.00 bits per heavy atom. The van der Waals surface area contributed by atoms with Gasteiger partial charge in [0.1, 0.15) is 0 Å². The largest absolute Gasteiger partial charge is 0.327 e. The molecule has 1 aliphatic heterocycles. The molecule has 0 aromatic heterocycles. The SMILES string of the molecule is CCC(N)CC(=O)N1CCCO1. The first-order chi connectivity index (χ1) is 5.74. The number of rotatable bonds is 3. The van der Waals surface area contributed by atoms with Gasteiger partial charge in [-0.1, -0.05) is 6.92 Å². The summed E-state index contributed by atoms with van der Waals surface area (Å²) in [5.41, 5.74) is 5.64. The summed E-state index contributed by atoms with van der Waals surface area (Å²) >= 11 is 0. The summed E-state index contributed by atoms with van der Waals surface area (Å²) in [6.45, 7) is 3.35. The molecule has 0 aromatic carbocycles. The molecule has 12 heavy (non-hydrogen) atoms. The molecular formula is C8H16N2O2. The van der Waals surface area contributed by atoms with Crippen molar-refractivity contribution in [2.24, 2.45) is 5.73 Å². The van der Waals surface area contributed by atoms with Gasteiger partial charge in [0.25, 0.3) is 0 Å². The number of amides is 1. The number of hydrogen-bond donors (Lipinski definition) is 1. The van der Waals surface area contributed by atoms with E-state index in [2.05, 4.69) is 0 Å². The van der Waals surface area contributed by atoms with Crippen LogP contribution in [0.25, 0.3) is 0 Å². The Morgan fingerprint density at radius 1 is 1.75 bits per heavy atom. The van der Waals surface area contributed by atoms with Crippen molar-refractivity contribution in [2.75, 3.05) is 13.2 Å². The quantitative estimate of drug-likeness (QED) is 0.665. The van der Waals surface area contributed by atoms with Gasteiger partial charge in [-0.3, -0.25) is 9.63 Å². The van der Waals surface area contributed by atoms with E-state index in [-0.39, 0.29) is 11.9 Å². The van der Waals surface area contributed by atoms with Gasteiger partial charge in [-0.15, -0.1) is 0 Å². The highest BCUT2D eigenvalue weighted by atomic mass is 16.7. The number of carbonyl (C=O) groups excluding carboxylic acids is 1. The molecule has 1 aliphatic rings. The molecule has 1 atom stereocenters. The van der Waals surface area contributed by atoms with E-state index in [1.807, 2.05) is 6.92 Å². The van der Waals surface area contributed by atoms with Crippen LogP contribution in [0.15, 0.2) is 0 Å². The molecule has 0 radical (unpaired) electrons. The molecule has 4 heteroatoms. The van der Waals surface area contributed by atoms with E-state index >= 15 is 0 Å². The molecule has 1 heterocycles. The van der Waals surface area contributed by atoms with E-state index in [4.69, 9.17) is 10.6 Å². The van der Waals surface area contributed by atoms with Gasteiger partial charge < -0.3 is 5.73 Å². The fourth-order valence-corrected chi connectivity index (χ4v) is 1.11. The second-order valence-electron chi connectivity index (χ2n) is 3.06. The van der Waals surface area contributed by atoms with Crippen molar-refractivity contribution in [3.8, 4) is 0 Å². The van der Waals surface area contributed by atoms with Crippen molar-refractivity contribution in [2.45, 2.75) is 32.2 Å². The lowest BCUT2D eigenvalue weighted by Crippen LogP contribution is -2.32. The van der Waals surface area contributed by atoms with Gasteiger partial charge in [0.15, 0.2) is 0 Å². The third-order valence-corrected chi connectivity index (χ3v) is 1.99. The predicted molar refractivity (Wildman–Crippen MR) is 45.2 cm³/mol. The Balaban J connectivity index is 2.27. The van der Waals surface area contributed by atoms with Gasteiger partial charge in [-0.25, -0.2) is 5.06 Å². The zero-order valence-electron chi connectivity index (χ0n) is 7.45. The molecule has 1 rings (SSSR count). The van der Waals surface area contributed by atoms with Crippen LogP contribution in [0.4, 0.5) is 0 Å². The molecule has 1 saturated heterocycles. The van der Waals surface area contributed by atoms with Gasteiger partial charge in [0, 0.05) is 12.5 Å². The topological polar surface area (TPSA) is 55.6 Å². The van der Waals surface area contributed by atoms with Crippen molar-refractivity contribution in [1.82, 2.24) is 5.06 Å². The van der Waals surface area contributed by atoms with Gasteiger partial charge in [0.05, 0.1) is 13.2 Å². The summed E-state index contributed by atoms with van der Waals surface area (Å²) in [5, 5.41) is 1.43. The maximum absolute atomic E-state index is 11.3. The molecular weight excluding hydrogens is 156 g/mol. The molecule has 0 saturated carbocycles. The highest BCUT2D eigenvalue weighted by Gasteiger charge is 2.20. The third-order valence-electron chi connectivity index (χ3n) is 1.99. The predicted octanol–water partition coefficient (Wildman–Crippen LogP) is 0.278. The standard InChI is InChI=1S/C8H16N2O2/c1-2-7(9)6-8(11)10-4-3-5-12-10/h7H,2-6,9H2,1H3. The Hall–Kier alpha value is -0.610. The van der Waals surface area contributed by atoms with Crippen LogP contribution >= 0.6 is 0 Å². The van der Waals surface area contributed by atoms with Crippen LogP contribution < -0.4 is 5.73 Å². The van der Waals surface area contributed by atoms with E-state index < -0.39 is 0 Å². The van der Waals surface area contributed by atoms with E-state index in [1.54, 1.807) is 0 Å². The summed E-state index contributed by atoms with van der Waals surface area (Å²) in [4.78, 5) is 16.4. The number of carbonyl (C=O) groups is 1. The van der Waals surface area contributed by atoms with Gasteiger partial charge in [-0.2, -0.15) is 0 Å². The van der Waals surface area contributed by atoms with Crippen LogP contribution in [-0.2, 0) is 9.63 Å². The number of nitrogens with two attached hydrogens (primary N) is 1. The fourth-order valence-electron chi connectivity index (χ4n) is 1.11. The summed E-state index contributed by atoms with van der Waals surface area (Å²) in [5.74, 6) is 0.0156. The fraction of sp³-hybridized carbons (Fsp3) is 0.875. The third kappa shape index (κ3) is 2.46. The first-order valence-electron chi connectivity index (χ1n) is 4.43. The zero-order chi connectivity index (χ0) is 8.97. The highest BCUT2D eigenvalue weighted by molar-refractivity contribution is 5.75. The maximum Gasteiger partial charge on any atom is 0.247 e. The molecule has 2 N–H and O–H groups in total. The van der Waals surface area contributed by atoms with Crippen LogP contribution in [0.5, 0.6) is 0 Å². The minimum atomic E-state index is -0.0262. The number of nitrogens with zero attached hydrogens (tertiary/aromatic N) is 1. The molecule has 0 spiro atoms. The molecule has 1 amide bonds. The Bertz CT molecular complexity index is 155. The molecule has 0 aliphatic carbocycles. The van der Waals surface area contributed by atoms with Crippen LogP contribution in [0.3, 0.4) is 0 Å². The van der Waals surface area contributed by atoms with Crippen LogP contribution in [0.1, 0.15) is 26.2 Å². The first kappa shape index (κ1) is 9.48. The Kier molecular flexibility index (Phi) is 3.49. The molecule has 1 fully saturated rings. The number of hydroxylamine groups is 2. The molecule has 1 unspecified atom stereocenters. The van der Waals surface area contributed by atoms with Crippen molar-refractivity contribution in [3.05, 3.63) is 0 Å². The van der Waals surface area contributed by atoms with Crippen molar-refractivity contribution in [1.29, 1.82) is 0 Å². The van der Waals surface area contributed by atoms with Crippen LogP contribution in [0.2, 0.25) is 0 Å².